The highest BCUT2D eigenvalue weighted by Gasteiger charge is 2.22. The van der Waals surface area contributed by atoms with Crippen molar-refractivity contribution < 1.29 is 9.18 Å². The van der Waals surface area contributed by atoms with E-state index in [1.807, 2.05) is 24.3 Å². The number of halogens is 1. The molecule has 0 bridgehead atoms. The zero-order valence-electron chi connectivity index (χ0n) is 16.6. The Morgan fingerprint density at radius 2 is 1.86 bits per heavy atom. The molecule has 0 spiro atoms. The molecule has 0 aliphatic rings. The molecule has 0 radical (unpaired) electrons. The molecule has 3 rings (SSSR count). The number of hydrogen-bond acceptors (Lipinski definition) is 5. The molecule has 2 aromatic carbocycles. The lowest BCUT2D eigenvalue weighted by Crippen LogP contribution is -2.24. The van der Waals surface area contributed by atoms with Crippen LogP contribution in [0.25, 0.3) is 11.4 Å². The predicted molar refractivity (Wildman–Crippen MR) is 115 cm³/mol. The molecular formula is C21H24FN5OS. The normalized spacial score (nSPS) is 13.1. The molecule has 8 heteroatoms. The standard InChI is InChI=1S/C21H24FN5OS/c1-4-13(2)15-9-6-8-12-18(15)24-20(28)14(3)29-21-26-25-19(27(21)23)16-10-5-7-11-17(16)22/h5-14H,4,23H2,1-3H3,(H,24,28)/t13-,14-/m0/s1. The van der Waals surface area contributed by atoms with Crippen LogP contribution in [0.1, 0.15) is 38.7 Å². The summed E-state index contributed by atoms with van der Waals surface area (Å²) in [6.45, 7) is 6.01. The molecule has 1 amide bonds. The third kappa shape index (κ3) is 4.59. The molecule has 29 heavy (non-hydrogen) atoms. The summed E-state index contributed by atoms with van der Waals surface area (Å²) in [4.78, 5) is 12.7. The number of nitrogens with zero attached hydrogens (tertiary/aromatic N) is 3. The van der Waals surface area contributed by atoms with Gasteiger partial charge < -0.3 is 11.2 Å². The maximum atomic E-state index is 14.0. The van der Waals surface area contributed by atoms with E-state index >= 15 is 0 Å². The van der Waals surface area contributed by atoms with Crippen LogP contribution in [0.4, 0.5) is 10.1 Å². The number of rotatable bonds is 7. The number of benzene rings is 2. The van der Waals surface area contributed by atoms with Gasteiger partial charge in [0.2, 0.25) is 11.1 Å². The molecule has 0 unspecified atom stereocenters. The van der Waals surface area contributed by atoms with Crippen molar-refractivity contribution >= 4 is 23.4 Å². The molecular weight excluding hydrogens is 389 g/mol. The first-order valence-electron chi connectivity index (χ1n) is 9.44. The van der Waals surface area contributed by atoms with Crippen LogP contribution in [0.2, 0.25) is 0 Å². The van der Waals surface area contributed by atoms with Crippen LogP contribution in [0.3, 0.4) is 0 Å². The van der Waals surface area contributed by atoms with E-state index in [4.69, 9.17) is 5.84 Å². The minimum absolute atomic E-state index is 0.166. The van der Waals surface area contributed by atoms with Gasteiger partial charge in [-0.1, -0.05) is 55.9 Å². The van der Waals surface area contributed by atoms with Crippen LogP contribution in [0, 0.1) is 5.82 Å². The van der Waals surface area contributed by atoms with Gasteiger partial charge in [-0.25, -0.2) is 9.07 Å². The fraction of sp³-hybridized carbons (Fsp3) is 0.286. The van der Waals surface area contributed by atoms with E-state index in [2.05, 4.69) is 29.4 Å². The van der Waals surface area contributed by atoms with Crippen LogP contribution < -0.4 is 11.2 Å². The van der Waals surface area contributed by atoms with Crippen molar-refractivity contribution in [3.05, 3.63) is 59.9 Å². The molecule has 6 nitrogen and oxygen atoms in total. The second kappa shape index (κ2) is 9.09. The summed E-state index contributed by atoms with van der Waals surface area (Å²) >= 11 is 1.17. The monoisotopic (exact) mass is 413 g/mol. The molecule has 0 saturated carbocycles. The highest BCUT2D eigenvalue weighted by Crippen LogP contribution is 2.29. The Morgan fingerprint density at radius 1 is 1.17 bits per heavy atom. The molecule has 0 fully saturated rings. The van der Waals surface area contributed by atoms with Crippen LogP contribution >= 0.6 is 11.8 Å². The molecule has 1 heterocycles. The van der Waals surface area contributed by atoms with Crippen molar-refractivity contribution in [1.29, 1.82) is 0 Å². The van der Waals surface area contributed by atoms with Gasteiger partial charge in [-0.05, 0) is 43.0 Å². The number of nitrogen functional groups attached to an aromatic ring is 1. The number of aromatic nitrogens is 3. The average molecular weight is 414 g/mol. The van der Waals surface area contributed by atoms with E-state index in [1.54, 1.807) is 25.1 Å². The van der Waals surface area contributed by atoms with E-state index in [1.165, 1.54) is 22.5 Å². The number of thioether (sulfide) groups is 1. The van der Waals surface area contributed by atoms with Crippen LogP contribution in [0.5, 0.6) is 0 Å². The smallest absolute Gasteiger partial charge is 0.237 e. The molecule has 0 aliphatic carbocycles. The zero-order chi connectivity index (χ0) is 21.0. The number of amides is 1. The van der Waals surface area contributed by atoms with Gasteiger partial charge in [-0.15, -0.1) is 10.2 Å². The first kappa shape index (κ1) is 20.9. The molecule has 0 aliphatic heterocycles. The molecule has 0 saturated heterocycles. The molecule has 3 aromatic rings. The van der Waals surface area contributed by atoms with Crippen molar-refractivity contribution in [1.82, 2.24) is 14.9 Å². The Kier molecular flexibility index (Phi) is 6.53. The van der Waals surface area contributed by atoms with Gasteiger partial charge in [-0.3, -0.25) is 4.79 Å². The quantitative estimate of drug-likeness (QED) is 0.442. The minimum Gasteiger partial charge on any atom is -0.335 e. The Morgan fingerprint density at radius 3 is 2.59 bits per heavy atom. The Labute approximate surface area is 173 Å². The van der Waals surface area contributed by atoms with Gasteiger partial charge in [0.25, 0.3) is 0 Å². The van der Waals surface area contributed by atoms with Crippen molar-refractivity contribution in [2.24, 2.45) is 0 Å². The SMILES string of the molecule is CC[C@H](C)c1ccccc1NC(=O)[C@H](C)Sc1nnc(-c2ccccc2F)n1N. The number of carbonyl (C=O) groups is 1. The van der Waals surface area contributed by atoms with Gasteiger partial charge in [0.05, 0.1) is 10.8 Å². The van der Waals surface area contributed by atoms with Gasteiger partial charge in [0.15, 0.2) is 5.82 Å². The van der Waals surface area contributed by atoms with E-state index in [9.17, 15) is 9.18 Å². The highest BCUT2D eigenvalue weighted by atomic mass is 32.2. The van der Waals surface area contributed by atoms with E-state index < -0.39 is 11.1 Å². The summed E-state index contributed by atoms with van der Waals surface area (Å²) in [6, 6.07) is 14.0. The third-order valence-electron chi connectivity index (χ3n) is 4.79. The Bertz CT molecular complexity index is 1010. The lowest BCUT2D eigenvalue weighted by Gasteiger charge is -2.17. The second-order valence-electron chi connectivity index (χ2n) is 6.80. The summed E-state index contributed by atoms with van der Waals surface area (Å²) in [5, 5.41) is 10.9. The van der Waals surface area contributed by atoms with Gasteiger partial charge in [-0.2, -0.15) is 0 Å². The van der Waals surface area contributed by atoms with Crippen molar-refractivity contribution in [2.45, 2.75) is 43.5 Å². The lowest BCUT2D eigenvalue weighted by atomic mass is 9.97. The summed E-state index contributed by atoms with van der Waals surface area (Å²) in [7, 11) is 0. The van der Waals surface area contributed by atoms with Crippen molar-refractivity contribution in [3.8, 4) is 11.4 Å². The average Bonchev–Trinajstić information content (AvgIpc) is 3.08. The fourth-order valence-electron chi connectivity index (χ4n) is 2.89. The summed E-state index contributed by atoms with van der Waals surface area (Å²) < 4.78 is 15.2. The molecule has 3 N–H and O–H groups in total. The third-order valence-corrected chi connectivity index (χ3v) is 5.85. The minimum atomic E-state index is -0.472. The van der Waals surface area contributed by atoms with Gasteiger partial charge in [0.1, 0.15) is 5.82 Å². The van der Waals surface area contributed by atoms with Crippen molar-refractivity contribution in [2.75, 3.05) is 11.2 Å². The fourth-order valence-corrected chi connectivity index (χ4v) is 3.66. The van der Waals surface area contributed by atoms with E-state index in [0.29, 0.717) is 11.1 Å². The number of hydrogen-bond donors (Lipinski definition) is 2. The van der Waals surface area contributed by atoms with Gasteiger partial charge in [0, 0.05) is 5.69 Å². The largest absolute Gasteiger partial charge is 0.335 e. The topological polar surface area (TPSA) is 85.8 Å². The van der Waals surface area contributed by atoms with Crippen molar-refractivity contribution in [3.63, 3.8) is 0 Å². The second-order valence-corrected chi connectivity index (χ2v) is 8.11. The summed E-state index contributed by atoms with van der Waals surface area (Å²) in [5.41, 5.74) is 2.17. The first-order chi connectivity index (χ1) is 13.9. The molecule has 152 valence electrons. The van der Waals surface area contributed by atoms with Crippen LogP contribution in [-0.4, -0.2) is 26.0 Å². The maximum absolute atomic E-state index is 14.0. The highest BCUT2D eigenvalue weighted by molar-refractivity contribution is 8.00. The maximum Gasteiger partial charge on any atom is 0.237 e. The number of carbonyl (C=O) groups excluding carboxylic acids is 1. The van der Waals surface area contributed by atoms with Crippen LogP contribution in [0.15, 0.2) is 53.7 Å². The predicted octanol–water partition coefficient (Wildman–Crippen LogP) is 4.43. The summed E-state index contributed by atoms with van der Waals surface area (Å²) in [5.74, 6) is 6.01. The van der Waals surface area contributed by atoms with Crippen LogP contribution in [-0.2, 0) is 4.79 Å². The van der Waals surface area contributed by atoms with Gasteiger partial charge >= 0.3 is 0 Å². The van der Waals surface area contributed by atoms with E-state index in [-0.39, 0.29) is 17.3 Å². The lowest BCUT2D eigenvalue weighted by molar-refractivity contribution is -0.115. The molecule has 1 aromatic heterocycles. The van der Waals surface area contributed by atoms with E-state index in [0.717, 1.165) is 17.7 Å². The molecule has 2 atom stereocenters. The summed E-state index contributed by atoms with van der Waals surface area (Å²) in [6.07, 6.45) is 0.978. The first-order valence-corrected chi connectivity index (χ1v) is 10.3. The number of anilines is 1. The number of nitrogens with one attached hydrogen (secondary N) is 1. The number of nitrogens with two attached hydrogens (primary N) is 1. The Hall–Kier alpha value is -2.87. The Balaban J connectivity index is 1.74. The number of para-hydroxylation sites is 1. The zero-order valence-corrected chi connectivity index (χ0v) is 17.4.